The van der Waals surface area contributed by atoms with Gasteiger partial charge < -0.3 is 19.3 Å². The number of ether oxygens (including phenoxy) is 1. The predicted octanol–water partition coefficient (Wildman–Crippen LogP) is 2.68. The summed E-state index contributed by atoms with van der Waals surface area (Å²) in [5, 5.41) is 8.94. The highest BCUT2D eigenvalue weighted by Gasteiger charge is 2.16. The second-order valence-electron chi connectivity index (χ2n) is 7.22. The van der Waals surface area contributed by atoms with Crippen molar-refractivity contribution in [3.8, 4) is 5.75 Å². The molecule has 0 aliphatic carbocycles. The SMILES string of the molecule is Cc1cc(OCc2ccc(F)cc2F)c(Br)c(=O)n1Cc1cnc(C(=O)N(C)CCO)cn1. The van der Waals surface area contributed by atoms with E-state index in [0.717, 1.165) is 12.1 Å². The Kier molecular flexibility index (Phi) is 7.88. The number of nitrogens with zero attached hydrogens (tertiary/aromatic N) is 4. The van der Waals surface area contributed by atoms with Crippen LogP contribution in [-0.4, -0.2) is 50.6 Å². The monoisotopic (exact) mass is 522 g/mol. The Morgan fingerprint density at radius 2 is 2.00 bits per heavy atom. The van der Waals surface area contributed by atoms with Crippen LogP contribution in [0.4, 0.5) is 8.78 Å². The van der Waals surface area contributed by atoms with Crippen molar-refractivity contribution in [3.05, 3.63) is 85.8 Å². The molecule has 0 bridgehead atoms. The van der Waals surface area contributed by atoms with Crippen molar-refractivity contribution in [3.63, 3.8) is 0 Å². The molecule has 1 aromatic carbocycles. The molecule has 0 radical (unpaired) electrons. The highest BCUT2D eigenvalue weighted by molar-refractivity contribution is 9.10. The van der Waals surface area contributed by atoms with Crippen molar-refractivity contribution in [2.24, 2.45) is 0 Å². The number of aliphatic hydroxyl groups is 1. The highest BCUT2D eigenvalue weighted by Crippen LogP contribution is 2.24. The molecule has 3 rings (SSSR count). The smallest absolute Gasteiger partial charge is 0.273 e. The van der Waals surface area contributed by atoms with Crippen molar-refractivity contribution < 1.29 is 23.4 Å². The minimum absolute atomic E-state index is 0.101. The third-order valence-electron chi connectivity index (χ3n) is 4.84. The van der Waals surface area contributed by atoms with E-state index in [2.05, 4.69) is 25.9 Å². The van der Waals surface area contributed by atoms with Crippen LogP contribution in [0.25, 0.3) is 0 Å². The first-order valence-corrected chi connectivity index (χ1v) is 10.6. The number of amides is 1. The maximum absolute atomic E-state index is 13.8. The van der Waals surface area contributed by atoms with Crippen LogP contribution >= 0.6 is 15.9 Å². The molecule has 11 heteroatoms. The lowest BCUT2D eigenvalue weighted by Gasteiger charge is -2.16. The molecule has 1 amide bonds. The Morgan fingerprint density at radius 1 is 1.24 bits per heavy atom. The van der Waals surface area contributed by atoms with E-state index in [-0.39, 0.29) is 53.7 Å². The number of aromatic nitrogens is 3. The topological polar surface area (TPSA) is 97.6 Å². The van der Waals surface area contributed by atoms with E-state index < -0.39 is 17.2 Å². The number of likely N-dealkylation sites (N-methyl/N-ethyl adjacent to an activating group) is 1. The summed E-state index contributed by atoms with van der Waals surface area (Å²) in [5.74, 6) is -1.58. The largest absolute Gasteiger partial charge is 0.487 e. The number of aliphatic hydroxyl groups excluding tert-OH is 1. The van der Waals surface area contributed by atoms with Crippen LogP contribution < -0.4 is 10.3 Å². The summed E-state index contributed by atoms with van der Waals surface area (Å²) in [7, 11) is 1.54. The standard InChI is InChI=1S/C22H21BrF2N4O4/c1-13-7-19(33-12-14-3-4-15(24)8-17(14)25)20(23)22(32)29(13)11-16-9-27-18(10-26-16)21(31)28(2)5-6-30/h3-4,7-10,30H,5-6,11-12H2,1-2H3. The van der Waals surface area contributed by atoms with Crippen LogP contribution in [0.2, 0.25) is 0 Å². The van der Waals surface area contributed by atoms with Crippen molar-refractivity contribution in [1.82, 2.24) is 19.4 Å². The average Bonchev–Trinajstić information content (AvgIpc) is 2.79. The minimum Gasteiger partial charge on any atom is -0.487 e. The van der Waals surface area contributed by atoms with Crippen molar-refractivity contribution in [2.45, 2.75) is 20.1 Å². The maximum atomic E-state index is 13.8. The zero-order chi connectivity index (χ0) is 24.1. The van der Waals surface area contributed by atoms with Gasteiger partial charge in [-0.2, -0.15) is 0 Å². The summed E-state index contributed by atoms with van der Waals surface area (Å²) >= 11 is 3.22. The lowest BCUT2D eigenvalue weighted by molar-refractivity contribution is 0.0760. The van der Waals surface area contributed by atoms with Crippen LogP contribution in [0.1, 0.15) is 27.4 Å². The van der Waals surface area contributed by atoms with Crippen LogP contribution in [0.3, 0.4) is 0 Å². The van der Waals surface area contributed by atoms with Crippen molar-refractivity contribution in [2.75, 3.05) is 20.2 Å². The Morgan fingerprint density at radius 3 is 2.64 bits per heavy atom. The molecule has 0 atom stereocenters. The first-order valence-electron chi connectivity index (χ1n) is 9.85. The number of hydrogen-bond acceptors (Lipinski definition) is 6. The lowest BCUT2D eigenvalue weighted by atomic mass is 10.2. The molecular formula is C22H21BrF2N4O4. The fourth-order valence-electron chi connectivity index (χ4n) is 2.97. The number of aryl methyl sites for hydroxylation is 1. The van der Waals surface area contributed by atoms with Crippen LogP contribution in [-0.2, 0) is 13.2 Å². The van der Waals surface area contributed by atoms with Gasteiger partial charge >= 0.3 is 0 Å². The zero-order valence-corrected chi connectivity index (χ0v) is 19.5. The van der Waals surface area contributed by atoms with Gasteiger partial charge in [-0.15, -0.1) is 0 Å². The summed E-state index contributed by atoms with van der Waals surface area (Å²) in [5.41, 5.74) is 0.892. The molecule has 2 heterocycles. The number of carbonyl (C=O) groups excluding carboxylic acids is 1. The molecule has 33 heavy (non-hydrogen) atoms. The Bertz CT molecular complexity index is 1220. The van der Waals surface area contributed by atoms with Gasteiger partial charge in [0.25, 0.3) is 11.5 Å². The van der Waals surface area contributed by atoms with E-state index >= 15 is 0 Å². The van der Waals surface area contributed by atoms with Crippen LogP contribution in [0.5, 0.6) is 5.75 Å². The first-order chi connectivity index (χ1) is 15.7. The summed E-state index contributed by atoms with van der Waals surface area (Å²) in [6.45, 7) is 1.63. The number of halogens is 3. The van der Waals surface area contributed by atoms with Gasteiger partial charge in [0.2, 0.25) is 0 Å². The molecule has 174 valence electrons. The quantitative estimate of drug-likeness (QED) is 0.488. The molecule has 2 aromatic heterocycles. The highest BCUT2D eigenvalue weighted by atomic mass is 79.9. The average molecular weight is 523 g/mol. The van der Waals surface area contributed by atoms with Crippen molar-refractivity contribution >= 4 is 21.8 Å². The Hall–Kier alpha value is -3.18. The predicted molar refractivity (Wildman–Crippen MR) is 119 cm³/mol. The van der Waals surface area contributed by atoms with Crippen LogP contribution in [0.15, 0.2) is 45.9 Å². The fraction of sp³-hybridized carbons (Fsp3) is 0.273. The Balaban J connectivity index is 1.76. The molecule has 3 aromatic rings. The van der Waals surface area contributed by atoms with E-state index in [1.165, 1.54) is 27.9 Å². The van der Waals surface area contributed by atoms with Gasteiger partial charge in [0.1, 0.15) is 34.2 Å². The van der Waals surface area contributed by atoms with Gasteiger partial charge in [-0.25, -0.2) is 13.8 Å². The Labute approximate surface area is 196 Å². The number of hydrogen-bond donors (Lipinski definition) is 1. The zero-order valence-electron chi connectivity index (χ0n) is 17.9. The third kappa shape index (κ3) is 5.79. The second-order valence-corrected chi connectivity index (χ2v) is 8.02. The number of carbonyl (C=O) groups is 1. The molecular weight excluding hydrogens is 502 g/mol. The molecule has 8 nitrogen and oxygen atoms in total. The van der Waals surface area contributed by atoms with E-state index in [0.29, 0.717) is 11.4 Å². The number of rotatable bonds is 8. The summed E-state index contributed by atoms with van der Waals surface area (Å²) in [6.07, 6.45) is 2.72. The van der Waals surface area contributed by atoms with E-state index in [9.17, 15) is 18.4 Å². The number of pyridine rings is 1. The molecule has 0 fully saturated rings. The van der Waals surface area contributed by atoms with Gasteiger partial charge in [-0.1, -0.05) is 0 Å². The maximum Gasteiger partial charge on any atom is 0.273 e. The molecule has 0 spiro atoms. The van der Waals surface area contributed by atoms with Gasteiger partial charge in [0.05, 0.1) is 31.2 Å². The lowest BCUT2D eigenvalue weighted by Crippen LogP contribution is -2.30. The molecule has 0 saturated heterocycles. The van der Waals surface area contributed by atoms with E-state index in [1.807, 2.05) is 0 Å². The van der Waals surface area contributed by atoms with E-state index in [4.69, 9.17) is 9.84 Å². The van der Waals surface area contributed by atoms with E-state index in [1.54, 1.807) is 20.0 Å². The number of benzene rings is 1. The normalized spacial score (nSPS) is 10.8. The molecule has 0 saturated carbocycles. The van der Waals surface area contributed by atoms with Crippen LogP contribution in [0, 0.1) is 18.6 Å². The molecule has 1 N–H and O–H groups in total. The third-order valence-corrected chi connectivity index (χ3v) is 5.57. The summed E-state index contributed by atoms with van der Waals surface area (Å²) in [4.78, 5) is 34.7. The molecule has 0 unspecified atom stereocenters. The second kappa shape index (κ2) is 10.6. The molecule has 0 aliphatic rings. The van der Waals surface area contributed by atoms with Gasteiger partial charge in [-0.3, -0.25) is 14.6 Å². The molecule has 0 aliphatic heterocycles. The summed E-state index contributed by atoms with van der Waals surface area (Å²) in [6, 6.07) is 4.79. The first kappa shape index (κ1) is 24.5. The summed E-state index contributed by atoms with van der Waals surface area (Å²) < 4.78 is 34.1. The van der Waals surface area contributed by atoms with Gasteiger partial charge in [0.15, 0.2) is 0 Å². The van der Waals surface area contributed by atoms with Gasteiger partial charge in [0, 0.05) is 37.0 Å². The minimum atomic E-state index is -0.737. The fourth-order valence-corrected chi connectivity index (χ4v) is 3.41. The van der Waals surface area contributed by atoms with Crippen molar-refractivity contribution in [1.29, 1.82) is 0 Å². The van der Waals surface area contributed by atoms with Gasteiger partial charge in [-0.05, 0) is 35.0 Å².